The molecule has 0 saturated heterocycles. The first-order valence-electron chi connectivity index (χ1n) is 5.82. The van der Waals surface area contributed by atoms with Crippen molar-refractivity contribution < 1.29 is 0 Å². The number of hydrogen-bond donors (Lipinski definition) is 2. The smallest absolute Gasteiger partial charge is 0.00647 e. The van der Waals surface area contributed by atoms with E-state index < -0.39 is 0 Å². The Hall–Kier alpha value is -0.0800. The van der Waals surface area contributed by atoms with Crippen LogP contribution in [0.1, 0.15) is 53.4 Å². The molecular weight excluding hydrogens is 172 g/mol. The Morgan fingerprint density at radius 1 is 1.14 bits per heavy atom. The minimum Gasteiger partial charge on any atom is -0.330 e. The van der Waals surface area contributed by atoms with E-state index in [0.29, 0.717) is 17.4 Å². The second-order valence-corrected chi connectivity index (χ2v) is 5.67. The summed E-state index contributed by atoms with van der Waals surface area (Å²) < 4.78 is 0. The summed E-state index contributed by atoms with van der Waals surface area (Å²) in [6.07, 6.45) is 4.61. The second kappa shape index (κ2) is 6.41. The van der Waals surface area contributed by atoms with Gasteiger partial charge in [0.25, 0.3) is 0 Å². The maximum atomic E-state index is 6.12. The van der Waals surface area contributed by atoms with E-state index in [2.05, 4.69) is 27.7 Å². The number of rotatable bonds is 6. The fourth-order valence-corrected chi connectivity index (χ4v) is 1.54. The van der Waals surface area contributed by atoms with Gasteiger partial charge in [-0.25, -0.2) is 0 Å². The van der Waals surface area contributed by atoms with E-state index in [1.165, 1.54) is 12.8 Å². The largest absolute Gasteiger partial charge is 0.330 e. The molecule has 0 saturated carbocycles. The molecule has 86 valence electrons. The molecule has 14 heavy (non-hydrogen) atoms. The van der Waals surface area contributed by atoms with Gasteiger partial charge in [0.1, 0.15) is 0 Å². The molecule has 2 nitrogen and oxygen atoms in total. The molecule has 0 aliphatic rings. The lowest BCUT2D eigenvalue weighted by molar-refractivity contribution is 0.310. The zero-order chi connectivity index (χ0) is 11.2. The highest BCUT2D eigenvalue weighted by Gasteiger charge is 2.16. The molecule has 0 fully saturated rings. The van der Waals surface area contributed by atoms with Gasteiger partial charge in [-0.1, -0.05) is 27.7 Å². The lowest BCUT2D eigenvalue weighted by atomic mass is 9.85. The van der Waals surface area contributed by atoms with E-state index in [4.69, 9.17) is 11.5 Å². The van der Waals surface area contributed by atoms with Gasteiger partial charge < -0.3 is 11.5 Å². The van der Waals surface area contributed by atoms with Crippen molar-refractivity contribution in [3.05, 3.63) is 0 Å². The first-order chi connectivity index (χ1) is 6.37. The van der Waals surface area contributed by atoms with E-state index in [9.17, 15) is 0 Å². The zero-order valence-electron chi connectivity index (χ0n) is 10.3. The van der Waals surface area contributed by atoms with E-state index in [1.54, 1.807) is 0 Å². The van der Waals surface area contributed by atoms with Crippen molar-refractivity contribution in [3.63, 3.8) is 0 Å². The second-order valence-electron chi connectivity index (χ2n) is 5.67. The van der Waals surface area contributed by atoms with Gasteiger partial charge in [0.15, 0.2) is 0 Å². The molecule has 0 aromatic rings. The molecular formula is C12H28N2. The molecule has 4 N–H and O–H groups in total. The third-order valence-electron chi connectivity index (χ3n) is 2.82. The minimum absolute atomic E-state index is 0.348. The van der Waals surface area contributed by atoms with Crippen LogP contribution in [0.3, 0.4) is 0 Å². The number of hydrogen-bond acceptors (Lipinski definition) is 2. The zero-order valence-corrected chi connectivity index (χ0v) is 10.3. The Morgan fingerprint density at radius 2 is 1.71 bits per heavy atom. The molecule has 2 heteroatoms. The lowest BCUT2D eigenvalue weighted by Gasteiger charge is -2.24. The van der Waals surface area contributed by atoms with Crippen molar-refractivity contribution in [2.75, 3.05) is 6.54 Å². The fourth-order valence-electron chi connectivity index (χ4n) is 1.54. The molecule has 0 aromatic carbocycles. The summed E-state index contributed by atoms with van der Waals surface area (Å²) in [5, 5.41) is 0. The first-order valence-corrected chi connectivity index (χ1v) is 5.82. The van der Waals surface area contributed by atoms with E-state index >= 15 is 0 Å². The first kappa shape index (κ1) is 13.9. The van der Waals surface area contributed by atoms with Crippen molar-refractivity contribution in [2.45, 2.75) is 59.4 Å². The van der Waals surface area contributed by atoms with Gasteiger partial charge in [-0.15, -0.1) is 0 Å². The maximum Gasteiger partial charge on any atom is 0.00647 e. The molecule has 0 aliphatic carbocycles. The summed E-state index contributed by atoms with van der Waals surface area (Å²) in [6, 6.07) is 0.348. The topological polar surface area (TPSA) is 52.0 Å². The van der Waals surface area contributed by atoms with Gasteiger partial charge >= 0.3 is 0 Å². The van der Waals surface area contributed by atoms with E-state index in [1.807, 2.05) is 0 Å². The van der Waals surface area contributed by atoms with Gasteiger partial charge in [0.2, 0.25) is 0 Å². The minimum atomic E-state index is 0.348. The van der Waals surface area contributed by atoms with Gasteiger partial charge in [0, 0.05) is 6.04 Å². The SMILES string of the molecule is CC(CCCN)C(N)CCC(C)(C)C. The van der Waals surface area contributed by atoms with Crippen molar-refractivity contribution in [3.8, 4) is 0 Å². The van der Waals surface area contributed by atoms with Crippen LogP contribution in [-0.2, 0) is 0 Å². The summed E-state index contributed by atoms with van der Waals surface area (Å²) in [6.45, 7) is 9.83. The Labute approximate surface area is 89.4 Å². The van der Waals surface area contributed by atoms with Crippen LogP contribution >= 0.6 is 0 Å². The van der Waals surface area contributed by atoms with Crippen LogP contribution < -0.4 is 11.5 Å². The predicted molar refractivity (Wildman–Crippen MR) is 64.1 cm³/mol. The lowest BCUT2D eigenvalue weighted by Crippen LogP contribution is -2.29. The summed E-state index contributed by atoms with van der Waals surface area (Å²) in [5.41, 5.74) is 12.0. The highest BCUT2D eigenvalue weighted by Crippen LogP contribution is 2.23. The summed E-state index contributed by atoms with van der Waals surface area (Å²) in [7, 11) is 0. The molecule has 0 aromatic heterocycles. The third-order valence-corrected chi connectivity index (χ3v) is 2.82. The Morgan fingerprint density at radius 3 is 2.14 bits per heavy atom. The van der Waals surface area contributed by atoms with Crippen LogP contribution in [0.25, 0.3) is 0 Å². The van der Waals surface area contributed by atoms with Crippen molar-refractivity contribution in [2.24, 2.45) is 22.8 Å². The molecule has 0 amide bonds. The van der Waals surface area contributed by atoms with Crippen LogP contribution in [0.2, 0.25) is 0 Å². The molecule has 0 rings (SSSR count). The summed E-state index contributed by atoms with van der Waals surface area (Å²) in [4.78, 5) is 0. The third kappa shape index (κ3) is 7.34. The summed E-state index contributed by atoms with van der Waals surface area (Å²) in [5.74, 6) is 0.612. The number of nitrogens with two attached hydrogens (primary N) is 2. The Kier molecular flexibility index (Phi) is 6.38. The standard InChI is InChI=1S/C12H28N2/c1-10(6-5-9-13)11(14)7-8-12(2,3)4/h10-11H,5-9,13-14H2,1-4H3. The average Bonchev–Trinajstić information content (AvgIpc) is 2.09. The van der Waals surface area contributed by atoms with Crippen molar-refractivity contribution in [1.29, 1.82) is 0 Å². The van der Waals surface area contributed by atoms with Crippen LogP contribution in [0, 0.1) is 11.3 Å². The molecule has 2 atom stereocenters. The Bertz CT molecular complexity index is 138. The van der Waals surface area contributed by atoms with Gasteiger partial charge in [-0.2, -0.15) is 0 Å². The highest BCUT2D eigenvalue weighted by molar-refractivity contribution is 4.73. The normalized spacial score (nSPS) is 16.7. The molecule has 2 unspecified atom stereocenters. The highest BCUT2D eigenvalue weighted by atomic mass is 14.6. The van der Waals surface area contributed by atoms with Gasteiger partial charge in [0.05, 0.1) is 0 Å². The molecule has 0 spiro atoms. The van der Waals surface area contributed by atoms with Crippen LogP contribution in [0.15, 0.2) is 0 Å². The van der Waals surface area contributed by atoms with Crippen molar-refractivity contribution >= 4 is 0 Å². The Balaban J connectivity index is 3.67. The van der Waals surface area contributed by atoms with Crippen LogP contribution in [0.5, 0.6) is 0 Å². The predicted octanol–water partition coefficient (Wildman–Crippen LogP) is 2.52. The average molecular weight is 200 g/mol. The van der Waals surface area contributed by atoms with Crippen molar-refractivity contribution in [1.82, 2.24) is 0 Å². The molecule has 0 bridgehead atoms. The fraction of sp³-hybridized carbons (Fsp3) is 1.00. The van der Waals surface area contributed by atoms with E-state index in [0.717, 1.165) is 19.4 Å². The van der Waals surface area contributed by atoms with Crippen LogP contribution in [-0.4, -0.2) is 12.6 Å². The quantitative estimate of drug-likeness (QED) is 0.692. The van der Waals surface area contributed by atoms with Gasteiger partial charge in [-0.05, 0) is 43.6 Å². The maximum absolute atomic E-state index is 6.12. The molecule has 0 radical (unpaired) electrons. The monoisotopic (exact) mass is 200 g/mol. The van der Waals surface area contributed by atoms with Crippen LogP contribution in [0.4, 0.5) is 0 Å². The summed E-state index contributed by atoms with van der Waals surface area (Å²) >= 11 is 0. The molecule has 0 heterocycles. The van der Waals surface area contributed by atoms with E-state index in [-0.39, 0.29) is 0 Å². The molecule has 0 aliphatic heterocycles. The van der Waals surface area contributed by atoms with Gasteiger partial charge in [-0.3, -0.25) is 0 Å².